The van der Waals surface area contributed by atoms with Gasteiger partial charge in [-0.2, -0.15) is 0 Å². The summed E-state index contributed by atoms with van der Waals surface area (Å²) in [6.45, 7) is 0.687. The summed E-state index contributed by atoms with van der Waals surface area (Å²) in [7, 11) is 0. The number of carbonyl (C=O) groups is 1. The molecule has 4 nitrogen and oxygen atoms in total. The summed E-state index contributed by atoms with van der Waals surface area (Å²) in [4.78, 5) is 15.7. The number of nitrogens with one attached hydrogen (secondary N) is 1. The summed E-state index contributed by atoms with van der Waals surface area (Å²) >= 11 is 0. The Morgan fingerprint density at radius 3 is 3.06 bits per heavy atom. The molecule has 4 heteroatoms. The van der Waals surface area contributed by atoms with Gasteiger partial charge in [-0.1, -0.05) is 11.6 Å². The van der Waals surface area contributed by atoms with Crippen molar-refractivity contribution in [3.63, 3.8) is 0 Å². The molecule has 1 aromatic rings. The van der Waals surface area contributed by atoms with Crippen molar-refractivity contribution in [3.8, 4) is 0 Å². The van der Waals surface area contributed by atoms with Crippen molar-refractivity contribution in [2.75, 3.05) is 12.3 Å². The molecule has 0 saturated heterocycles. The van der Waals surface area contributed by atoms with Crippen molar-refractivity contribution in [1.82, 2.24) is 10.3 Å². The molecule has 1 amide bonds. The Hall–Kier alpha value is -1.84. The van der Waals surface area contributed by atoms with E-state index in [1.807, 2.05) is 0 Å². The molecule has 0 radical (unpaired) electrons. The Labute approximate surface area is 107 Å². The first-order chi connectivity index (χ1) is 8.75. The Bertz CT molecular complexity index is 454. The normalized spacial score (nSPS) is 15.0. The molecule has 18 heavy (non-hydrogen) atoms. The zero-order chi connectivity index (χ0) is 12.8. The summed E-state index contributed by atoms with van der Waals surface area (Å²) in [5.74, 6) is 0.290. The number of nitrogen functional groups attached to an aromatic ring is 1. The van der Waals surface area contributed by atoms with Gasteiger partial charge in [0.05, 0.1) is 0 Å². The van der Waals surface area contributed by atoms with Gasteiger partial charge in [-0.15, -0.1) is 0 Å². The molecule has 0 unspecified atom stereocenters. The van der Waals surface area contributed by atoms with E-state index in [1.165, 1.54) is 31.3 Å². The van der Waals surface area contributed by atoms with Gasteiger partial charge >= 0.3 is 0 Å². The summed E-state index contributed by atoms with van der Waals surface area (Å²) < 4.78 is 0. The number of rotatable bonds is 4. The van der Waals surface area contributed by atoms with E-state index in [0.717, 1.165) is 6.42 Å². The number of nitrogens with zero attached hydrogens (tertiary/aromatic N) is 1. The topological polar surface area (TPSA) is 68.0 Å². The minimum atomic E-state index is -0.0829. The van der Waals surface area contributed by atoms with Crippen molar-refractivity contribution in [2.24, 2.45) is 0 Å². The number of hydrogen-bond donors (Lipinski definition) is 2. The molecule has 1 heterocycles. The Kier molecular flexibility index (Phi) is 4.34. The predicted molar refractivity (Wildman–Crippen MR) is 72.2 cm³/mol. The third-order valence-corrected chi connectivity index (χ3v) is 3.16. The molecule has 2 rings (SSSR count). The van der Waals surface area contributed by atoms with Crippen LogP contribution < -0.4 is 11.1 Å². The van der Waals surface area contributed by atoms with Crippen LogP contribution in [0.15, 0.2) is 30.0 Å². The first-order valence-corrected chi connectivity index (χ1v) is 6.43. The van der Waals surface area contributed by atoms with Crippen molar-refractivity contribution in [3.05, 3.63) is 35.5 Å². The largest absolute Gasteiger partial charge is 0.384 e. The molecule has 3 N–H and O–H groups in total. The van der Waals surface area contributed by atoms with Gasteiger partial charge in [-0.3, -0.25) is 4.79 Å². The quantitative estimate of drug-likeness (QED) is 0.800. The first kappa shape index (κ1) is 12.6. The predicted octanol–water partition coefficient (Wildman–Crippen LogP) is 2.28. The highest BCUT2D eigenvalue weighted by Crippen LogP contribution is 2.19. The van der Waals surface area contributed by atoms with Gasteiger partial charge < -0.3 is 11.1 Å². The average Bonchev–Trinajstić information content (AvgIpc) is 2.40. The van der Waals surface area contributed by atoms with Crippen molar-refractivity contribution in [2.45, 2.75) is 32.1 Å². The highest BCUT2D eigenvalue weighted by Gasteiger charge is 2.07. The molecular weight excluding hydrogens is 226 g/mol. The van der Waals surface area contributed by atoms with Gasteiger partial charge in [0.15, 0.2) is 0 Å². The van der Waals surface area contributed by atoms with Crippen LogP contribution in [0.25, 0.3) is 0 Å². The van der Waals surface area contributed by atoms with E-state index >= 15 is 0 Å². The molecule has 0 atom stereocenters. The maximum atomic E-state index is 11.8. The molecule has 1 aromatic heterocycles. The van der Waals surface area contributed by atoms with Gasteiger partial charge in [0.2, 0.25) is 0 Å². The van der Waals surface area contributed by atoms with Gasteiger partial charge in [-0.25, -0.2) is 4.98 Å². The standard InChI is InChI=1S/C14H19N3O/c15-13-10-12(7-9-16-13)14(18)17-8-6-11-4-2-1-3-5-11/h4,7,9-10H,1-3,5-6,8H2,(H2,15,16)(H,17,18). The van der Waals surface area contributed by atoms with Crippen molar-refractivity contribution in [1.29, 1.82) is 0 Å². The second-order valence-corrected chi connectivity index (χ2v) is 4.58. The van der Waals surface area contributed by atoms with Crippen LogP contribution in [0.3, 0.4) is 0 Å². The molecule has 1 aliphatic rings. The van der Waals surface area contributed by atoms with E-state index in [9.17, 15) is 4.79 Å². The van der Waals surface area contributed by atoms with E-state index in [0.29, 0.717) is 17.9 Å². The molecule has 1 aliphatic carbocycles. The SMILES string of the molecule is Nc1cc(C(=O)NCCC2=CCCCC2)ccn1. The van der Waals surface area contributed by atoms with Crippen LogP contribution in [0.4, 0.5) is 5.82 Å². The Morgan fingerprint density at radius 1 is 1.44 bits per heavy atom. The molecule has 0 saturated carbocycles. The van der Waals surface area contributed by atoms with E-state index in [2.05, 4.69) is 16.4 Å². The van der Waals surface area contributed by atoms with Crippen LogP contribution in [0, 0.1) is 0 Å². The molecule has 0 spiro atoms. The first-order valence-electron chi connectivity index (χ1n) is 6.43. The molecule has 0 bridgehead atoms. The molecule has 0 fully saturated rings. The summed E-state index contributed by atoms with van der Waals surface area (Å²) in [6, 6.07) is 3.26. The van der Waals surface area contributed by atoms with Gasteiger partial charge in [0.1, 0.15) is 5.82 Å². The number of nitrogens with two attached hydrogens (primary N) is 1. The molecular formula is C14H19N3O. The summed E-state index contributed by atoms with van der Waals surface area (Å²) in [5, 5.41) is 2.91. The minimum absolute atomic E-state index is 0.0829. The zero-order valence-electron chi connectivity index (χ0n) is 10.5. The lowest BCUT2D eigenvalue weighted by molar-refractivity contribution is 0.0954. The Balaban J connectivity index is 1.79. The number of amides is 1. The van der Waals surface area contributed by atoms with Crippen LogP contribution in [0.5, 0.6) is 0 Å². The third-order valence-electron chi connectivity index (χ3n) is 3.16. The minimum Gasteiger partial charge on any atom is -0.384 e. The number of anilines is 1. The van der Waals surface area contributed by atoms with E-state index in [1.54, 1.807) is 18.3 Å². The van der Waals surface area contributed by atoms with Crippen LogP contribution in [0.1, 0.15) is 42.5 Å². The summed E-state index contributed by atoms with van der Waals surface area (Å²) in [6.07, 6.45) is 9.75. The van der Waals surface area contributed by atoms with Crippen LogP contribution in [0.2, 0.25) is 0 Å². The van der Waals surface area contributed by atoms with E-state index in [-0.39, 0.29) is 5.91 Å². The molecule has 0 aromatic carbocycles. The Morgan fingerprint density at radius 2 is 2.33 bits per heavy atom. The van der Waals surface area contributed by atoms with Crippen molar-refractivity contribution >= 4 is 11.7 Å². The van der Waals surface area contributed by atoms with E-state index in [4.69, 9.17) is 5.73 Å². The zero-order valence-corrected chi connectivity index (χ0v) is 10.5. The fourth-order valence-corrected chi connectivity index (χ4v) is 2.16. The maximum Gasteiger partial charge on any atom is 0.251 e. The lowest BCUT2D eigenvalue weighted by Gasteiger charge is -2.12. The maximum absolute atomic E-state index is 11.8. The summed E-state index contributed by atoms with van der Waals surface area (Å²) in [5.41, 5.74) is 7.58. The highest BCUT2D eigenvalue weighted by atomic mass is 16.1. The molecule has 0 aliphatic heterocycles. The lowest BCUT2D eigenvalue weighted by atomic mass is 9.97. The number of carbonyl (C=O) groups excluding carboxylic acids is 1. The fraction of sp³-hybridized carbons (Fsp3) is 0.429. The number of allylic oxidation sites excluding steroid dienone is 1. The van der Waals surface area contributed by atoms with Crippen LogP contribution >= 0.6 is 0 Å². The van der Waals surface area contributed by atoms with Gasteiger partial charge in [0.25, 0.3) is 5.91 Å². The second-order valence-electron chi connectivity index (χ2n) is 4.58. The highest BCUT2D eigenvalue weighted by molar-refractivity contribution is 5.94. The fourth-order valence-electron chi connectivity index (χ4n) is 2.16. The smallest absolute Gasteiger partial charge is 0.251 e. The molecule has 96 valence electrons. The average molecular weight is 245 g/mol. The van der Waals surface area contributed by atoms with Gasteiger partial charge in [-0.05, 0) is 44.2 Å². The van der Waals surface area contributed by atoms with Crippen LogP contribution in [-0.2, 0) is 0 Å². The lowest BCUT2D eigenvalue weighted by Crippen LogP contribution is -2.25. The van der Waals surface area contributed by atoms with Crippen LogP contribution in [-0.4, -0.2) is 17.4 Å². The van der Waals surface area contributed by atoms with Gasteiger partial charge in [0, 0.05) is 18.3 Å². The van der Waals surface area contributed by atoms with Crippen molar-refractivity contribution < 1.29 is 4.79 Å². The number of aromatic nitrogens is 1. The number of hydrogen-bond acceptors (Lipinski definition) is 3. The third kappa shape index (κ3) is 3.58. The number of pyridine rings is 1. The monoisotopic (exact) mass is 245 g/mol. The second kappa shape index (κ2) is 6.19. The van der Waals surface area contributed by atoms with E-state index < -0.39 is 0 Å².